The van der Waals surface area contributed by atoms with Crippen LogP contribution in [0.5, 0.6) is 0 Å². The van der Waals surface area contributed by atoms with Gasteiger partial charge in [-0.3, -0.25) is 0 Å². The van der Waals surface area contributed by atoms with Crippen LogP contribution >= 0.6 is 0 Å². The molecule has 0 amide bonds. The summed E-state index contributed by atoms with van der Waals surface area (Å²) < 4.78 is 5.37. The van der Waals surface area contributed by atoms with Crippen molar-refractivity contribution in [2.24, 2.45) is 5.92 Å². The summed E-state index contributed by atoms with van der Waals surface area (Å²) in [5.41, 5.74) is 0. The Balaban J connectivity index is 1.72. The molecular weight excluding hydrogens is 174 g/mol. The van der Waals surface area contributed by atoms with E-state index in [0.29, 0.717) is 0 Å². The first-order valence-electron chi connectivity index (χ1n) is 6.20. The molecule has 1 unspecified atom stereocenters. The van der Waals surface area contributed by atoms with Gasteiger partial charge < -0.3 is 10.1 Å². The molecule has 1 N–H and O–H groups in total. The van der Waals surface area contributed by atoms with Crippen LogP contribution in [-0.4, -0.2) is 25.3 Å². The van der Waals surface area contributed by atoms with Gasteiger partial charge in [0.05, 0.1) is 0 Å². The fourth-order valence-corrected chi connectivity index (χ4v) is 2.83. The molecule has 0 aromatic heterocycles. The Kier molecular flexibility index (Phi) is 3.82. The molecule has 0 aromatic carbocycles. The maximum atomic E-state index is 5.37. The first kappa shape index (κ1) is 10.4. The van der Waals surface area contributed by atoms with Crippen molar-refractivity contribution in [2.45, 2.75) is 57.5 Å². The van der Waals surface area contributed by atoms with Crippen molar-refractivity contribution in [3.63, 3.8) is 0 Å². The summed E-state index contributed by atoms with van der Waals surface area (Å²) in [5, 5.41) is 3.78. The summed E-state index contributed by atoms with van der Waals surface area (Å²) >= 11 is 0. The molecular formula is C12H23NO. The third kappa shape index (κ3) is 2.71. The largest absolute Gasteiger partial charge is 0.381 e. The lowest BCUT2D eigenvalue weighted by molar-refractivity contribution is 0.0731. The van der Waals surface area contributed by atoms with Gasteiger partial charge in [-0.25, -0.2) is 0 Å². The summed E-state index contributed by atoms with van der Waals surface area (Å²) in [4.78, 5) is 0. The Hall–Kier alpha value is -0.0800. The van der Waals surface area contributed by atoms with Gasteiger partial charge in [0.1, 0.15) is 0 Å². The molecule has 2 heteroatoms. The zero-order valence-corrected chi connectivity index (χ0v) is 9.30. The molecule has 2 rings (SSSR count). The van der Waals surface area contributed by atoms with Gasteiger partial charge in [0.25, 0.3) is 0 Å². The average Bonchev–Trinajstić information content (AvgIpc) is 2.72. The summed E-state index contributed by atoms with van der Waals surface area (Å²) in [7, 11) is 0. The Morgan fingerprint density at radius 1 is 1.07 bits per heavy atom. The van der Waals surface area contributed by atoms with E-state index >= 15 is 0 Å². The third-order valence-corrected chi connectivity index (χ3v) is 3.83. The summed E-state index contributed by atoms with van der Waals surface area (Å²) in [6.07, 6.45) is 8.19. The first-order chi connectivity index (χ1) is 6.86. The summed E-state index contributed by atoms with van der Waals surface area (Å²) in [6.45, 7) is 4.27. The highest BCUT2D eigenvalue weighted by Gasteiger charge is 2.24. The molecule has 0 radical (unpaired) electrons. The number of hydrogen-bond donors (Lipinski definition) is 1. The van der Waals surface area contributed by atoms with Crippen molar-refractivity contribution in [3.8, 4) is 0 Å². The van der Waals surface area contributed by atoms with E-state index in [1.807, 2.05) is 0 Å². The second-order valence-corrected chi connectivity index (χ2v) is 4.89. The zero-order valence-electron chi connectivity index (χ0n) is 9.30. The van der Waals surface area contributed by atoms with Crippen LogP contribution < -0.4 is 5.32 Å². The van der Waals surface area contributed by atoms with Gasteiger partial charge in [0, 0.05) is 25.3 Å². The number of hydrogen-bond acceptors (Lipinski definition) is 2. The predicted octanol–water partition coefficient (Wildman–Crippen LogP) is 2.33. The molecule has 1 heterocycles. The Labute approximate surface area is 87.4 Å². The fraction of sp³-hybridized carbons (Fsp3) is 1.00. The minimum absolute atomic E-state index is 0.722. The maximum absolute atomic E-state index is 5.37. The summed E-state index contributed by atoms with van der Waals surface area (Å²) in [6, 6.07) is 1.44. The number of rotatable bonds is 3. The van der Waals surface area contributed by atoms with Crippen LogP contribution in [0.1, 0.15) is 45.4 Å². The van der Waals surface area contributed by atoms with Crippen molar-refractivity contribution in [1.29, 1.82) is 0 Å². The average molecular weight is 197 g/mol. The van der Waals surface area contributed by atoms with E-state index in [4.69, 9.17) is 4.74 Å². The lowest BCUT2D eigenvalue weighted by Gasteiger charge is -2.29. The molecule has 82 valence electrons. The molecule has 2 nitrogen and oxygen atoms in total. The molecule has 0 spiro atoms. The first-order valence-corrected chi connectivity index (χ1v) is 6.20. The lowest BCUT2D eigenvalue weighted by Crippen LogP contribution is -2.43. The monoisotopic (exact) mass is 197 g/mol. The van der Waals surface area contributed by atoms with Crippen LogP contribution in [0.25, 0.3) is 0 Å². The van der Waals surface area contributed by atoms with Crippen molar-refractivity contribution in [1.82, 2.24) is 5.32 Å². The predicted molar refractivity (Wildman–Crippen MR) is 58.4 cm³/mol. The highest BCUT2D eigenvalue weighted by Crippen LogP contribution is 2.28. The Bertz CT molecular complexity index is 160. The van der Waals surface area contributed by atoms with E-state index in [1.165, 1.54) is 38.5 Å². The van der Waals surface area contributed by atoms with Crippen molar-refractivity contribution >= 4 is 0 Å². The van der Waals surface area contributed by atoms with Crippen LogP contribution in [-0.2, 0) is 4.74 Å². The van der Waals surface area contributed by atoms with E-state index in [2.05, 4.69) is 12.2 Å². The Morgan fingerprint density at radius 3 is 2.36 bits per heavy atom. The zero-order chi connectivity index (χ0) is 9.80. The number of nitrogens with one attached hydrogen (secondary N) is 1. The van der Waals surface area contributed by atoms with Crippen LogP contribution in [0.2, 0.25) is 0 Å². The quantitative estimate of drug-likeness (QED) is 0.750. The van der Waals surface area contributed by atoms with Gasteiger partial charge in [-0.15, -0.1) is 0 Å². The minimum Gasteiger partial charge on any atom is -0.381 e. The minimum atomic E-state index is 0.722. The fourth-order valence-electron chi connectivity index (χ4n) is 2.83. The molecule has 1 aliphatic heterocycles. The van der Waals surface area contributed by atoms with Gasteiger partial charge >= 0.3 is 0 Å². The molecule has 1 saturated heterocycles. The molecule has 2 aliphatic rings. The highest BCUT2D eigenvalue weighted by atomic mass is 16.5. The third-order valence-electron chi connectivity index (χ3n) is 3.83. The van der Waals surface area contributed by atoms with Gasteiger partial charge in [-0.05, 0) is 38.5 Å². The number of ether oxygens (including phenoxy) is 1. The second kappa shape index (κ2) is 5.13. The molecule has 2 fully saturated rings. The van der Waals surface area contributed by atoms with Crippen molar-refractivity contribution in [2.75, 3.05) is 13.2 Å². The van der Waals surface area contributed by atoms with Crippen LogP contribution in [0.4, 0.5) is 0 Å². The highest BCUT2D eigenvalue weighted by molar-refractivity contribution is 4.81. The smallest absolute Gasteiger partial charge is 0.0480 e. The maximum Gasteiger partial charge on any atom is 0.0480 e. The van der Waals surface area contributed by atoms with Crippen LogP contribution in [0, 0.1) is 5.92 Å². The lowest BCUT2D eigenvalue weighted by atomic mass is 9.97. The van der Waals surface area contributed by atoms with Gasteiger partial charge in [-0.1, -0.05) is 12.8 Å². The van der Waals surface area contributed by atoms with Gasteiger partial charge in [-0.2, -0.15) is 0 Å². The van der Waals surface area contributed by atoms with E-state index in [1.54, 1.807) is 0 Å². The van der Waals surface area contributed by atoms with Gasteiger partial charge in [0.15, 0.2) is 0 Å². The summed E-state index contributed by atoms with van der Waals surface area (Å²) in [5.74, 6) is 0.942. The molecule has 1 aliphatic carbocycles. The molecule has 0 aromatic rings. The molecule has 1 saturated carbocycles. The van der Waals surface area contributed by atoms with E-state index in [-0.39, 0.29) is 0 Å². The van der Waals surface area contributed by atoms with Crippen LogP contribution in [0.15, 0.2) is 0 Å². The molecule has 1 atom stereocenters. The topological polar surface area (TPSA) is 21.3 Å². The normalized spacial score (nSPS) is 28.1. The SMILES string of the molecule is CC(NC1CCOCC1)C1CCCC1. The van der Waals surface area contributed by atoms with E-state index in [0.717, 1.165) is 31.2 Å². The van der Waals surface area contributed by atoms with Crippen molar-refractivity contribution < 1.29 is 4.74 Å². The standard InChI is InChI=1S/C12H23NO/c1-10(11-4-2-3-5-11)13-12-6-8-14-9-7-12/h10-13H,2-9H2,1H3. The van der Waals surface area contributed by atoms with E-state index < -0.39 is 0 Å². The molecule has 14 heavy (non-hydrogen) atoms. The second-order valence-electron chi connectivity index (χ2n) is 4.89. The van der Waals surface area contributed by atoms with Gasteiger partial charge in [0.2, 0.25) is 0 Å². The van der Waals surface area contributed by atoms with Crippen LogP contribution in [0.3, 0.4) is 0 Å². The Morgan fingerprint density at radius 2 is 1.71 bits per heavy atom. The molecule has 0 bridgehead atoms. The van der Waals surface area contributed by atoms with Crippen molar-refractivity contribution in [3.05, 3.63) is 0 Å². The van der Waals surface area contributed by atoms with E-state index in [9.17, 15) is 0 Å².